The largest absolute Gasteiger partial charge is 0.496 e. The molecule has 2 rings (SSSR count). The fourth-order valence-corrected chi connectivity index (χ4v) is 2.03. The summed E-state index contributed by atoms with van der Waals surface area (Å²) in [6.45, 7) is 2.54. The molecule has 7 heteroatoms. The van der Waals surface area contributed by atoms with Gasteiger partial charge in [-0.2, -0.15) is 0 Å². The van der Waals surface area contributed by atoms with E-state index < -0.39 is 11.9 Å². The third kappa shape index (κ3) is 2.42. The zero-order valence-electron chi connectivity index (χ0n) is 10.8. The number of methoxy groups -OCH3 is 1. The van der Waals surface area contributed by atoms with Crippen LogP contribution in [0, 0.1) is 5.82 Å². The molecular weight excluding hydrogens is 249 g/mol. The number of nitrogens with one attached hydrogen (secondary N) is 1. The van der Waals surface area contributed by atoms with Crippen molar-refractivity contribution in [3.05, 3.63) is 41.5 Å². The first-order chi connectivity index (χ1) is 9.22. The number of aryl methyl sites for hydroxylation is 1. The van der Waals surface area contributed by atoms with Crippen LogP contribution in [0.4, 0.5) is 4.39 Å². The lowest BCUT2D eigenvalue weighted by Gasteiger charge is -2.19. The molecule has 6 nitrogen and oxygen atoms in total. The summed E-state index contributed by atoms with van der Waals surface area (Å²) in [7, 11) is 1.49. The van der Waals surface area contributed by atoms with Crippen LogP contribution in [0.1, 0.15) is 24.2 Å². The number of hydrogen-bond acceptors (Lipinski definition) is 5. The second-order valence-electron chi connectivity index (χ2n) is 3.93. The maximum atomic E-state index is 14.1. The molecule has 0 spiro atoms. The van der Waals surface area contributed by atoms with Crippen molar-refractivity contribution in [2.24, 2.45) is 5.84 Å². The fraction of sp³-hybridized carbons (Fsp3) is 0.333. The van der Waals surface area contributed by atoms with Crippen molar-refractivity contribution >= 4 is 0 Å². The van der Waals surface area contributed by atoms with E-state index in [1.54, 1.807) is 23.0 Å². The summed E-state index contributed by atoms with van der Waals surface area (Å²) in [5, 5.41) is 7.75. The molecule has 19 heavy (non-hydrogen) atoms. The first-order valence-electron chi connectivity index (χ1n) is 5.89. The van der Waals surface area contributed by atoms with Gasteiger partial charge in [-0.25, -0.2) is 14.5 Å². The van der Waals surface area contributed by atoms with Crippen LogP contribution in [0.15, 0.2) is 24.4 Å². The first-order valence-corrected chi connectivity index (χ1v) is 5.89. The van der Waals surface area contributed by atoms with Crippen molar-refractivity contribution < 1.29 is 9.13 Å². The number of ether oxygens (including phenoxy) is 1. The lowest BCUT2D eigenvalue weighted by Crippen LogP contribution is -2.31. The van der Waals surface area contributed by atoms with Gasteiger partial charge in [0.2, 0.25) is 0 Å². The average molecular weight is 265 g/mol. The molecule has 0 saturated carbocycles. The summed E-state index contributed by atoms with van der Waals surface area (Å²) in [5.41, 5.74) is 3.60. The minimum Gasteiger partial charge on any atom is -0.496 e. The second-order valence-corrected chi connectivity index (χ2v) is 3.93. The van der Waals surface area contributed by atoms with Crippen LogP contribution in [0.5, 0.6) is 5.75 Å². The molecule has 0 radical (unpaired) electrons. The molecule has 1 aromatic heterocycles. The van der Waals surface area contributed by atoms with Crippen molar-refractivity contribution in [2.75, 3.05) is 7.11 Å². The van der Waals surface area contributed by atoms with Crippen LogP contribution in [-0.4, -0.2) is 22.1 Å². The van der Waals surface area contributed by atoms with Gasteiger partial charge in [0.1, 0.15) is 11.6 Å². The van der Waals surface area contributed by atoms with Crippen LogP contribution < -0.4 is 16.0 Å². The van der Waals surface area contributed by atoms with Gasteiger partial charge in [0.15, 0.2) is 0 Å². The van der Waals surface area contributed by atoms with Gasteiger partial charge in [0.05, 0.1) is 30.6 Å². The lowest BCUT2D eigenvalue weighted by molar-refractivity contribution is 0.394. The molecule has 0 saturated heterocycles. The van der Waals surface area contributed by atoms with E-state index in [0.717, 1.165) is 0 Å². The number of benzene rings is 1. The Labute approximate surface area is 110 Å². The topological polar surface area (TPSA) is 78.0 Å². The number of hydrogen-bond donors (Lipinski definition) is 2. The first kappa shape index (κ1) is 13.4. The Balaban J connectivity index is 2.54. The molecule has 3 N–H and O–H groups in total. The predicted molar refractivity (Wildman–Crippen MR) is 67.8 cm³/mol. The van der Waals surface area contributed by atoms with Gasteiger partial charge in [-0.3, -0.25) is 5.84 Å². The quantitative estimate of drug-likeness (QED) is 0.623. The van der Waals surface area contributed by atoms with Crippen molar-refractivity contribution in [1.82, 2.24) is 20.4 Å². The number of nitrogens with zero attached hydrogens (tertiary/aromatic N) is 3. The SMILES string of the molecule is CCn1nncc1C(NN)c1c(F)cccc1OC. The van der Waals surface area contributed by atoms with Crippen molar-refractivity contribution in [1.29, 1.82) is 0 Å². The van der Waals surface area contributed by atoms with Crippen LogP contribution in [0.3, 0.4) is 0 Å². The molecule has 0 aliphatic heterocycles. The van der Waals surface area contributed by atoms with Crippen molar-refractivity contribution in [3.8, 4) is 5.75 Å². The predicted octanol–water partition coefficient (Wildman–Crippen LogP) is 0.998. The molecule has 0 fully saturated rings. The van der Waals surface area contributed by atoms with E-state index in [2.05, 4.69) is 15.7 Å². The van der Waals surface area contributed by atoms with E-state index in [1.807, 2.05) is 6.92 Å². The highest BCUT2D eigenvalue weighted by molar-refractivity contribution is 5.40. The smallest absolute Gasteiger partial charge is 0.132 e. The van der Waals surface area contributed by atoms with E-state index in [1.165, 1.54) is 13.2 Å². The lowest BCUT2D eigenvalue weighted by atomic mass is 10.0. The van der Waals surface area contributed by atoms with Crippen molar-refractivity contribution in [2.45, 2.75) is 19.5 Å². The Morgan fingerprint density at radius 2 is 2.32 bits per heavy atom. The number of nitrogens with two attached hydrogens (primary N) is 1. The molecule has 0 aliphatic rings. The fourth-order valence-electron chi connectivity index (χ4n) is 2.03. The third-order valence-electron chi connectivity index (χ3n) is 2.93. The zero-order chi connectivity index (χ0) is 13.8. The highest BCUT2D eigenvalue weighted by Crippen LogP contribution is 2.31. The summed E-state index contributed by atoms with van der Waals surface area (Å²) in [5.74, 6) is 5.60. The maximum Gasteiger partial charge on any atom is 0.132 e. The summed E-state index contributed by atoms with van der Waals surface area (Å²) >= 11 is 0. The van der Waals surface area contributed by atoms with Gasteiger partial charge in [-0.15, -0.1) is 5.10 Å². The average Bonchev–Trinajstić information content (AvgIpc) is 2.89. The molecule has 0 amide bonds. The minimum absolute atomic E-state index is 0.338. The molecule has 2 aromatic rings. The van der Waals surface area contributed by atoms with E-state index in [-0.39, 0.29) is 0 Å². The van der Waals surface area contributed by atoms with Gasteiger partial charge in [0.25, 0.3) is 0 Å². The molecule has 1 atom stereocenters. The van der Waals surface area contributed by atoms with Gasteiger partial charge in [0, 0.05) is 6.54 Å². The molecule has 0 bridgehead atoms. The minimum atomic E-state index is -0.578. The van der Waals surface area contributed by atoms with Crippen LogP contribution in [0.2, 0.25) is 0 Å². The van der Waals surface area contributed by atoms with E-state index in [9.17, 15) is 4.39 Å². The molecule has 1 aromatic carbocycles. The number of aromatic nitrogens is 3. The van der Waals surface area contributed by atoms with Gasteiger partial charge >= 0.3 is 0 Å². The monoisotopic (exact) mass is 265 g/mol. The Morgan fingerprint density at radius 1 is 1.53 bits per heavy atom. The van der Waals surface area contributed by atoms with Gasteiger partial charge in [-0.05, 0) is 19.1 Å². The van der Waals surface area contributed by atoms with Crippen LogP contribution >= 0.6 is 0 Å². The highest BCUT2D eigenvalue weighted by atomic mass is 19.1. The highest BCUT2D eigenvalue weighted by Gasteiger charge is 2.24. The van der Waals surface area contributed by atoms with Crippen LogP contribution in [0.25, 0.3) is 0 Å². The summed E-state index contributed by atoms with van der Waals surface area (Å²) in [6.07, 6.45) is 1.56. The van der Waals surface area contributed by atoms with E-state index in [0.29, 0.717) is 23.6 Å². The standard InChI is InChI=1S/C12H16FN5O/c1-3-18-9(7-15-17-18)12(16-14)11-8(13)5-4-6-10(11)19-2/h4-7,12,16H,3,14H2,1-2H3. The van der Waals surface area contributed by atoms with Crippen molar-refractivity contribution in [3.63, 3.8) is 0 Å². The van der Waals surface area contributed by atoms with Gasteiger partial charge in [-0.1, -0.05) is 11.3 Å². The zero-order valence-corrected chi connectivity index (χ0v) is 10.8. The Kier molecular flexibility index (Phi) is 4.08. The molecule has 1 unspecified atom stereocenters. The summed E-state index contributed by atoms with van der Waals surface area (Å²) in [6, 6.07) is 4.05. The van der Waals surface area contributed by atoms with Crippen LogP contribution in [-0.2, 0) is 6.54 Å². The molecule has 102 valence electrons. The maximum absolute atomic E-state index is 14.1. The molecule has 1 heterocycles. The molecule has 0 aliphatic carbocycles. The number of halogens is 1. The Bertz CT molecular complexity index is 557. The number of rotatable bonds is 5. The third-order valence-corrected chi connectivity index (χ3v) is 2.93. The van der Waals surface area contributed by atoms with Gasteiger partial charge < -0.3 is 4.74 Å². The summed E-state index contributed by atoms with van der Waals surface area (Å²) < 4.78 is 20.9. The Morgan fingerprint density at radius 3 is 2.95 bits per heavy atom. The van der Waals surface area contributed by atoms with E-state index in [4.69, 9.17) is 10.6 Å². The summed E-state index contributed by atoms with van der Waals surface area (Å²) in [4.78, 5) is 0. The number of hydrazine groups is 1. The Hall–Kier alpha value is -1.99. The second kappa shape index (κ2) is 5.77. The molecular formula is C12H16FN5O. The van der Waals surface area contributed by atoms with E-state index >= 15 is 0 Å². The normalized spacial score (nSPS) is 12.4.